The monoisotopic (exact) mass is 252 g/mol. The van der Waals surface area contributed by atoms with Crippen LogP contribution in [0.2, 0.25) is 0 Å². The minimum atomic E-state index is -0.102. The van der Waals surface area contributed by atoms with Gasteiger partial charge in [0.25, 0.3) is 0 Å². The van der Waals surface area contributed by atoms with E-state index in [1.54, 1.807) is 0 Å². The third-order valence-corrected chi connectivity index (χ3v) is 4.88. The normalized spacial score (nSPS) is 31.9. The van der Waals surface area contributed by atoms with Gasteiger partial charge in [-0.05, 0) is 38.0 Å². The molecule has 3 heteroatoms. The summed E-state index contributed by atoms with van der Waals surface area (Å²) >= 11 is 0. The predicted octanol–water partition coefficient (Wildman–Crippen LogP) is 2.59. The molecule has 0 heterocycles. The Bertz CT molecular complexity index is 284. The molecule has 0 bridgehead atoms. The Balaban J connectivity index is 1.76. The largest absolute Gasteiger partial charge is 0.355 e. The van der Waals surface area contributed by atoms with E-state index in [9.17, 15) is 4.79 Å². The third-order valence-electron chi connectivity index (χ3n) is 4.88. The first-order chi connectivity index (χ1) is 8.60. The fourth-order valence-electron chi connectivity index (χ4n) is 3.53. The predicted molar refractivity (Wildman–Crippen MR) is 74.1 cm³/mol. The van der Waals surface area contributed by atoms with E-state index in [2.05, 4.69) is 12.2 Å². The highest BCUT2D eigenvalue weighted by Crippen LogP contribution is 2.36. The summed E-state index contributed by atoms with van der Waals surface area (Å²) in [5.74, 6) is 0.881. The highest BCUT2D eigenvalue weighted by atomic mass is 16.2. The van der Waals surface area contributed by atoms with Crippen molar-refractivity contribution in [3.05, 3.63) is 0 Å². The lowest BCUT2D eigenvalue weighted by Gasteiger charge is -2.33. The summed E-state index contributed by atoms with van der Waals surface area (Å²) in [6.07, 6.45) is 10.5. The summed E-state index contributed by atoms with van der Waals surface area (Å²) in [5.41, 5.74) is 5.89. The first-order valence-corrected chi connectivity index (χ1v) is 7.64. The average molecular weight is 252 g/mol. The second kappa shape index (κ2) is 6.05. The molecule has 3 N–H and O–H groups in total. The van der Waals surface area contributed by atoms with E-state index in [4.69, 9.17) is 5.73 Å². The molecule has 18 heavy (non-hydrogen) atoms. The molecule has 2 aliphatic rings. The van der Waals surface area contributed by atoms with E-state index in [0.717, 1.165) is 32.2 Å². The van der Waals surface area contributed by atoms with Crippen LogP contribution in [0.4, 0.5) is 0 Å². The highest BCUT2D eigenvalue weighted by Gasteiger charge is 2.34. The molecule has 0 aliphatic heterocycles. The number of nitrogens with two attached hydrogens (primary N) is 1. The molecular formula is C15H28N2O. The van der Waals surface area contributed by atoms with Gasteiger partial charge in [-0.25, -0.2) is 0 Å². The van der Waals surface area contributed by atoms with Crippen molar-refractivity contribution in [1.82, 2.24) is 5.32 Å². The van der Waals surface area contributed by atoms with Crippen molar-refractivity contribution >= 4 is 5.91 Å². The molecule has 0 radical (unpaired) electrons. The maximum Gasteiger partial charge on any atom is 0.225 e. The van der Waals surface area contributed by atoms with Crippen molar-refractivity contribution in [2.24, 2.45) is 17.1 Å². The van der Waals surface area contributed by atoms with E-state index < -0.39 is 0 Å². The molecule has 0 aromatic carbocycles. The van der Waals surface area contributed by atoms with Gasteiger partial charge in [0.05, 0.1) is 0 Å². The molecule has 2 atom stereocenters. The number of hydrogen-bond donors (Lipinski definition) is 2. The quantitative estimate of drug-likeness (QED) is 0.811. The van der Waals surface area contributed by atoms with Gasteiger partial charge in [0.1, 0.15) is 0 Å². The molecule has 2 saturated carbocycles. The van der Waals surface area contributed by atoms with Gasteiger partial charge in [0.2, 0.25) is 5.91 Å². The van der Waals surface area contributed by atoms with Gasteiger partial charge in [-0.3, -0.25) is 4.79 Å². The van der Waals surface area contributed by atoms with Gasteiger partial charge in [0, 0.05) is 18.0 Å². The maximum absolute atomic E-state index is 12.3. The zero-order valence-corrected chi connectivity index (χ0v) is 11.7. The molecule has 1 amide bonds. The number of carbonyl (C=O) groups excluding carboxylic acids is 1. The van der Waals surface area contributed by atoms with Crippen LogP contribution in [0.1, 0.15) is 64.7 Å². The second-order valence-electron chi connectivity index (χ2n) is 6.62. The fourth-order valence-corrected chi connectivity index (χ4v) is 3.53. The van der Waals surface area contributed by atoms with Gasteiger partial charge in [0.15, 0.2) is 0 Å². The molecule has 0 saturated heterocycles. The molecule has 0 spiro atoms. The van der Waals surface area contributed by atoms with Crippen molar-refractivity contribution < 1.29 is 4.79 Å². The van der Waals surface area contributed by atoms with E-state index in [0.29, 0.717) is 12.0 Å². The van der Waals surface area contributed by atoms with Gasteiger partial charge in [-0.2, -0.15) is 0 Å². The number of carbonyl (C=O) groups is 1. The molecule has 0 aromatic rings. The number of hydrogen-bond acceptors (Lipinski definition) is 2. The van der Waals surface area contributed by atoms with Crippen LogP contribution < -0.4 is 11.1 Å². The summed E-state index contributed by atoms with van der Waals surface area (Å²) in [6.45, 7) is 2.97. The Morgan fingerprint density at radius 3 is 2.61 bits per heavy atom. The van der Waals surface area contributed by atoms with Crippen LogP contribution >= 0.6 is 0 Å². The van der Waals surface area contributed by atoms with Crippen LogP contribution in [0.5, 0.6) is 0 Å². The average Bonchev–Trinajstić information content (AvgIpc) is 2.37. The van der Waals surface area contributed by atoms with E-state index in [1.807, 2.05) is 0 Å². The van der Waals surface area contributed by atoms with Crippen molar-refractivity contribution in [2.75, 3.05) is 6.54 Å². The summed E-state index contributed by atoms with van der Waals surface area (Å²) in [5, 5.41) is 3.19. The first-order valence-electron chi connectivity index (χ1n) is 7.64. The van der Waals surface area contributed by atoms with Crippen molar-refractivity contribution in [3.63, 3.8) is 0 Å². The van der Waals surface area contributed by atoms with Crippen molar-refractivity contribution in [1.29, 1.82) is 0 Å². The second-order valence-corrected chi connectivity index (χ2v) is 6.62. The van der Waals surface area contributed by atoms with Crippen LogP contribution in [0.25, 0.3) is 0 Å². The zero-order valence-electron chi connectivity index (χ0n) is 11.7. The summed E-state index contributed by atoms with van der Waals surface area (Å²) in [4.78, 5) is 12.3. The Morgan fingerprint density at radius 2 is 1.94 bits per heavy atom. The third kappa shape index (κ3) is 3.47. The van der Waals surface area contributed by atoms with Gasteiger partial charge in [-0.15, -0.1) is 0 Å². The topological polar surface area (TPSA) is 55.1 Å². The SMILES string of the molecule is CC1(C(=O)NCC2CCCC(N)C2)CCCCC1. The lowest BCUT2D eigenvalue weighted by molar-refractivity contribution is -0.132. The van der Waals surface area contributed by atoms with Crippen molar-refractivity contribution in [3.8, 4) is 0 Å². The molecule has 2 rings (SSSR count). The Kier molecular flexibility index (Phi) is 4.66. The number of amides is 1. The summed E-state index contributed by atoms with van der Waals surface area (Å²) < 4.78 is 0. The minimum absolute atomic E-state index is 0.102. The van der Waals surface area contributed by atoms with E-state index >= 15 is 0 Å². The van der Waals surface area contributed by atoms with Gasteiger partial charge < -0.3 is 11.1 Å². The maximum atomic E-state index is 12.3. The number of nitrogens with one attached hydrogen (secondary N) is 1. The Labute approximate surface area is 111 Å². The first kappa shape index (κ1) is 13.9. The van der Waals surface area contributed by atoms with E-state index in [-0.39, 0.29) is 11.3 Å². The molecule has 2 aliphatic carbocycles. The fraction of sp³-hybridized carbons (Fsp3) is 0.933. The van der Waals surface area contributed by atoms with Crippen LogP contribution in [-0.4, -0.2) is 18.5 Å². The summed E-state index contributed by atoms with van der Waals surface area (Å²) in [7, 11) is 0. The molecule has 3 nitrogen and oxygen atoms in total. The molecular weight excluding hydrogens is 224 g/mol. The van der Waals surface area contributed by atoms with E-state index in [1.165, 1.54) is 32.1 Å². The molecule has 104 valence electrons. The smallest absolute Gasteiger partial charge is 0.225 e. The lowest BCUT2D eigenvalue weighted by Crippen LogP contribution is -2.43. The van der Waals surface area contributed by atoms with Gasteiger partial charge >= 0.3 is 0 Å². The Morgan fingerprint density at radius 1 is 1.22 bits per heavy atom. The summed E-state index contributed by atoms with van der Waals surface area (Å²) in [6, 6.07) is 0.353. The highest BCUT2D eigenvalue weighted by molar-refractivity contribution is 5.82. The number of rotatable bonds is 3. The van der Waals surface area contributed by atoms with Crippen LogP contribution in [0.3, 0.4) is 0 Å². The van der Waals surface area contributed by atoms with Crippen LogP contribution in [0.15, 0.2) is 0 Å². The van der Waals surface area contributed by atoms with Crippen LogP contribution in [0, 0.1) is 11.3 Å². The van der Waals surface area contributed by atoms with Crippen molar-refractivity contribution in [2.45, 2.75) is 70.8 Å². The van der Waals surface area contributed by atoms with Crippen LogP contribution in [-0.2, 0) is 4.79 Å². The Hall–Kier alpha value is -0.570. The lowest BCUT2D eigenvalue weighted by atomic mass is 9.75. The standard InChI is InChI=1S/C15H28N2O/c1-15(8-3-2-4-9-15)14(18)17-11-12-6-5-7-13(16)10-12/h12-13H,2-11,16H2,1H3,(H,17,18). The molecule has 2 fully saturated rings. The van der Waals surface area contributed by atoms with Gasteiger partial charge in [-0.1, -0.05) is 32.6 Å². The zero-order chi connectivity index (χ0) is 13.0. The molecule has 2 unspecified atom stereocenters. The minimum Gasteiger partial charge on any atom is -0.355 e. The molecule has 0 aromatic heterocycles.